The zero-order valence-corrected chi connectivity index (χ0v) is 25.2. The van der Waals surface area contributed by atoms with Crippen molar-refractivity contribution in [1.82, 2.24) is 4.57 Å². The molecule has 0 saturated heterocycles. The monoisotopic (exact) mass is 582 g/mol. The minimum absolute atomic E-state index is 0.0946. The molecule has 2 aliphatic heterocycles. The highest BCUT2D eigenvalue weighted by Gasteiger charge is 2.43. The molecule has 0 aliphatic carbocycles. The molecule has 2 aliphatic rings. The van der Waals surface area contributed by atoms with E-state index in [1.54, 1.807) is 0 Å². The second-order valence-electron chi connectivity index (χ2n) is 12.5. The molecule has 7 aromatic carbocycles. The number of anilines is 3. The number of hydrogen-bond acceptors (Lipinski definition) is 1. The second kappa shape index (κ2) is 9.89. The first-order valence-electron chi connectivity index (χ1n) is 16.1. The third-order valence-electron chi connectivity index (χ3n) is 10.1. The lowest BCUT2D eigenvalue weighted by Gasteiger charge is -2.44. The van der Waals surface area contributed by atoms with E-state index in [4.69, 9.17) is 0 Å². The fourth-order valence-corrected chi connectivity index (χ4v) is 8.28. The first-order chi connectivity index (χ1) is 22.9. The van der Waals surface area contributed by atoms with Gasteiger partial charge in [-0.05, 0) is 58.2 Å². The van der Waals surface area contributed by atoms with Gasteiger partial charge in [0, 0.05) is 33.5 Å². The Bertz CT molecular complexity index is 2280. The van der Waals surface area contributed by atoms with Crippen LogP contribution < -0.4 is 37.7 Å². The fourth-order valence-electron chi connectivity index (χ4n) is 8.28. The van der Waals surface area contributed by atoms with Crippen LogP contribution in [0.1, 0.15) is 0 Å². The van der Waals surface area contributed by atoms with Crippen molar-refractivity contribution < 1.29 is 0 Å². The average molecular weight is 582 g/mol. The summed E-state index contributed by atoms with van der Waals surface area (Å²) in [5, 5.41) is 2.56. The van der Waals surface area contributed by atoms with Gasteiger partial charge >= 0.3 is 0 Å². The van der Waals surface area contributed by atoms with E-state index in [9.17, 15) is 0 Å². The molecule has 0 unspecified atom stereocenters. The highest BCUT2D eigenvalue weighted by atomic mass is 15.2. The third kappa shape index (κ3) is 3.56. The lowest BCUT2D eigenvalue weighted by molar-refractivity contribution is 1.18. The van der Waals surface area contributed by atoms with Gasteiger partial charge in [-0.2, -0.15) is 0 Å². The Morgan fingerprint density at radius 3 is 1.28 bits per heavy atom. The summed E-state index contributed by atoms with van der Waals surface area (Å²) in [7, 11) is 0. The predicted molar refractivity (Wildman–Crippen MR) is 198 cm³/mol. The van der Waals surface area contributed by atoms with Crippen molar-refractivity contribution in [1.29, 1.82) is 0 Å². The molecular formula is C42H28B2N2. The molecule has 212 valence electrons. The van der Waals surface area contributed by atoms with E-state index in [-0.39, 0.29) is 13.4 Å². The molecule has 0 radical (unpaired) electrons. The second-order valence-corrected chi connectivity index (χ2v) is 12.5. The molecular weight excluding hydrogens is 554 g/mol. The van der Waals surface area contributed by atoms with Crippen LogP contribution in [0.25, 0.3) is 27.5 Å². The lowest BCUT2D eigenvalue weighted by atomic mass is 9.30. The van der Waals surface area contributed by atoms with Gasteiger partial charge in [-0.25, -0.2) is 0 Å². The normalized spacial score (nSPS) is 13.1. The van der Waals surface area contributed by atoms with Gasteiger partial charge in [-0.15, -0.1) is 0 Å². The van der Waals surface area contributed by atoms with E-state index in [2.05, 4.69) is 179 Å². The van der Waals surface area contributed by atoms with Gasteiger partial charge in [0.2, 0.25) is 13.4 Å². The van der Waals surface area contributed by atoms with E-state index in [0.717, 1.165) is 0 Å². The number of fused-ring (bicyclic) bond motifs is 7. The molecule has 46 heavy (non-hydrogen) atoms. The largest absolute Gasteiger partial charge is 0.313 e. The van der Waals surface area contributed by atoms with Crippen LogP contribution in [-0.4, -0.2) is 18.0 Å². The van der Waals surface area contributed by atoms with Crippen molar-refractivity contribution in [3.63, 3.8) is 0 Å². The van der Waals surface area contributed by atoms with E-state index in [0.29, 0.717) is 0 Å². The SMILES string of the molecule is c1ccc(B2c3ccccc3N3c4ccccc4B(c4ccccc4)c4cc(-n5c6ccccc6c6ccccc65)cc2c43)cc1. The van der Waals surface area contributed by atoms with Crippen molar-refractivity contribution in [3.8, 4) is 5.69 Å². The maximum absolute atomic E-state index is 2.55. The van der Waals surface area contributed by atoms with Crippen LogP contribution in [0.2, 0.25) is 0 Å². The summed E-state index contributed by atoms with van der Waals surface area (Å²) in [6.45, 7) is 0.189. The highest BCUT2D eigenvalue weighted by molar-refractivity contribution is 7.02. The summed E-state index contributed by atoms with van der Waals surface area (Å²) in [5.74, 6) is 0. The van der Waals surface area contributed by atoms with Gasteiger partial charge in [-0.3, -0.25) is 0 Å². The van der Waals surface area contributed by atoms with E-state index in [1.807, 2.05) is 0 Å². The van der Waals surface area contributed by atoms with Crippen molar-refractivity contribution >= 4 is 85.1 Å². The molecule has 0 N–H and O–H groups in total. The number of benzene rings is 7. The zero-order chi connectivity index (χ0) is 30.2. The molecule has 0 fully saturated rings. The van der Waals surface area contributed by atoms with Crippen LogP contribution in [0.3, 0.4) is 0 Å². The molecule has 2 nitrogen and oxygen atoms in total. The summed E-state index contributed by atoms with van der Waals surface area (Å²) >= 11 is 0. The molecule has 0 spiro atoms. The van der Waals surface area contributed by atoms with E-state index >= 15 is 0 Å². The molecule has 3 heterocycles. The molecule has 10 rings (SSSR count). The minimum atomic E-state index is 0.0946. The van der Waals surface area contributed by atoms with Gasteiger partial charge in [0.25, 0.3) is 0 Å². The lowest BCUT2D eigenvalue weighted by Crippen LogP contribution is -2.65. The standard InChI is InChI=1S/C42H28B2N2/c1-3-15-29(16-4-1)43-34-21-9-13-25-40(34)46-41-26-14-10-22-35(41)44(30-17-5-2-6-18-30)37-28-31(27-36(43)42(37)46)45-38-23-11-7-19-32(38)33-20-8-12-24-39(33)45/h1-28H. The molecule has 0 atom stereocenters. The summed E-state index contributed by atoms with van der Waals surface area (Å²) < 4.78 is 2.48. The Kier molecular flexibility index (Phi) is 5.50. The van der Waals surface area contributed by atoms with Gasteiger partial charge < -0.3 is 9.47 Å². The highest BCUT2D eigenvalue weighted by Crippen LogP contribution is 2.39. The fraction of sp³-hybridized carbons (Fsp3) is 0. The number of para-hydroxylation sites is 4. The van der Waals surface area contributed by atoms with E-state index in [1.165, 1.54) is 77.3 Å². The van der Waals surface area contributed by atoms with Crippen molar-refractivity contribution in [2.24, 2.45) is 0 Å². The van der Waals surface area contributed by atoms with Crippen LogP contribution in [0.15, 0.2) is 170 Å². The number of rotatable bonds is 3. The number of aromatic nitrogens is 1. The predicted octanol–water partition coefficient (Wildman–Crippen LogP) is 5.91. The smallest absolute Gasteiger partial charge is 0.246 e. The van der Waals surface area contributed by atoms with Crippen LogP contribution in [0, 0.1) is 0 Å². The van der Waals surface area contributed by atoms with Crippen molar-refractivity contribution in [2.75, 3.05) is 4.90 Å². The first kappa shape index (κ1) is 25.6. The maximum Gasteiger partial charge on any atom is 0.246 e. The van der Waals surface area contributed by atoms with Gasteiger partial charge in [0.05, 0.1) is 11.0 Å². The molecule has 4 heteroatoms. The zero-order valence-electron chi connectivity index (χ0n) is 25.2. The first-order valence-corrected chi connectivity index (χ1v) is 16.1. The number of hydrogen-bond donors (Lipinski definition) is 0. The Balaban J connectivity index is 1.38. The maximum atomic E-state index is 2.55. The average Bonchev–Trinajstić information content (AvgIpc) is 3.46. The van der Waals surface area contributed by atoms with Crippen molar-refractivity contribution in [2.45, 2.75) is 0 Å². The van der Waals surface area contributed by atoms with Gasteiger partial charge in [0.15, 0.2) is 0 Å². The van der Waals surface area contributed by atoms with E-state index < -0.39 is 0 Å². The molecule has 0 saturated carbocycles. The Morgan fingerprint density at radius 1 is 0.370 bits per heavy atom. The Labute approximate surface area is 269 Å². The van der Waals surface area contributed by atoms with Gasteiger partial charge in [-0.1, -0.05) is 144 Å². The molecule has 8 aromatic rings. The summed E-state index contributed by atoms with van der Waals surface area (Å²) in [5.41, 5.74) is 15.5. The molecule has 1 aromatic heterocycles. The van der Waals surface area contributed by atoms with Crippen LogP contribution in [0.5, 0.6) is 0 Å². The molecule has 0 bridgehead atoms. The Morgan fingerprint density at radius 2 is 0.783 bits per heavy atom. The number of nitrogens with zero attached hydrogens (tertiary/aromatic N) is 2. The van der Waals surface area contributed by atoms with Crippen LogP contribution in [-0.2, 0) is 0 Å². The third-order valence-corrected chi connectivity index (χ3v) is 10.1. The van der Waals surface area contributed by atoms with Crippen LogP contribution >= 0.6 is 0 Å². The quantitative estimate of drug-likeness (QED) is 0.235. The summed E-state index contributed by atoms with van der Waals surface area (Å²) in [6, 6.07) is 62.8. The summed E-state index contributed by atoms with van der Waals surface area (Å²) in [6.07, 6.45) is 0. The van der Waals surface area contributed by atoms with Gasteiger partial charge in [0.1, 0.15) is 0 Å². The minimum Gasteiger partial charge on any atom is -0.313 e. The van der Waals surface area contributed by atoms with Crippen molar-refractivity contribution in [3.05, 3.63) is 170 Å². The summed E-state index contributed by atoms with van der Waals surface area (Å²) in [4.78, 5) is 2.55. The van der Waals surface area contributed by atoms with Crippen LogP contribution in [0.4, 0.5) is 17.1 Å². The topological polar surface area (TPSA) is 8.17 Å². The Hall–Kier alpha value is -5.73. The molecule has 0 amide bonds.